The van der Waals surface area contributed by atoms with E-state index in [-0.39, 0.29) is 182 Å². The smallest absolute Gasteiger partial charge is 1.00 e. The summed E-state index contributed by atoms with van der Waals surface area (Å²) in [5, 5.41) is 0. The minimum atomic E-state index is -3.63. The van der Waals surface area contributed by atoms with Crippen LogP contribution in [-0.2, 0) is 4.46 Å². The van der Waals surface area contributed by atoms with Crippen LogP contribution in [0.2, 0.25) is 0 Å². The first kappa shape index (κ1) is 45.9. The van der Waals surface area contributed by atoms with Crippen molar-refractivity contribution in [3.05, 3.63) is 0 Å². The van der Waals surface area contributed by atoms with Gasteiger partial charge < -0.3 is 16.9 Å². The second kappa shape index (κ2) is 37.0. The summed E-state index contributed by atoms with van der Waals surface area (Å²) >= 11 is 0. The fourth-order valence-electron chi connectivity index (χ4n) is 0. The predicted octanol–water partition coefficient (Wildman–Crippen LogP) is -15.4. The zero-order chi connectivity index (χ0) is 3.58. The zero-order valence-corrected chi connectivity index (χ0v) is 18.1. The van der Waals surface area contributed by atoms with Gasteiger partial charge in [0.15, 0.2) is 0 Å². The molecule has 0 rings (SSSR count). The molecule has 10 heteroatoms. The Morgan fingerprint density at radius 1 is 1.00 bits per heavy atom. The van der Waals surface area contributed by atoms with E-state index in [0.29, 0.717) is 0 Å². The topological polar surface area (TPSA) is 63.2 Å². The van der Waals surface area contributed by atoms with Crippen molar-refractivity contribution >= 4 is 26.0 Å². The van der Waals surface area contributed by atoms with Crippen molar-refractivity contribution in [1.29, 1.82) is 0 Å². The van der Waals surface area contributed by atoms with Crippen molar-refractivity contribution in [2.24, 2.45) is 0 Å². The van der Waals surface area contributed by atoms with Gasteiger partial charge in [0.1, 0.15) is 0 Å². The number of hydrogen-bond donors (Lipinski definition) is 0. The second-order valence-corrected chi connectivity index (χ2v) is 0.750. The molecule has 0 aromatic carbocycles. The molecule has 0 unspecified atom stereocenters. The SMILES string of the molecule is O=[Si]([O-])[O-].[B].[B].[H-].[H-].[K+].[K+].[Na+].[Na+]. The van der Waals surface area contributed by atoms with Gasteiger partial charge in [-0.2, -0.15) is 0 Å². The molecule has 34 valence electrons. The molecule has 10 heavy (non-hydrogen) atoms. The third-order valence-electron chi connectivity index (χ3n) is 0. The molecule has 0 heterocycles. The van der Waals surface area contributed by atoms with Crippen LogP contribution in [0.4, 0.5) is 0 Å². The van der Waals surface area contributed by atoms with Crippen LogP contribution in [0.5, 0.6) is 0 Å². The first-order chi connectivity index (χ1) is 1.73. The van der Waals surface area contributed by atoms with Crippen LogP contribution in [0.3, 0.4) is 0 Å². The van der Waals surface area contributed by atoms with Crippen LogP contribution in [0.15, 0.2) is 0 Å². The molecule has 0 N–H and O–H groups in total. The van der Waals surface area contributed by atoms with Crippen LogP contribution in [0, 0.1) is 0 Å². The van der Waals surface area contributed by atoms with E-state index in [2.05, 4.69) is 0 Å². The molecule has 0 amide bonds. The minimum absolute atomic E-state index is 0. The fourth-order valence-corrected chi connectivity index (χ4v) is 0. The van der Waals surface area contributed by atoms with Crippen LogP contribution in [-0.4, -0.2) is 26.0 Å². The van der Waals surface area contributed by atoms with Gasteiger partial charge in [-0.25, -0.2) is 0 Å². The quantitative estimate of drug-likeness (QED) is 0.384. The maximum absolute atomic E-state index is 8.52. The van der Waals surface area contributed by atoms with Crippen molar-refractivity contribution in [1.82, 2.24) is 0 Å². The van der Waals surface area contributed by atoms with E-state index in [4.69, 9.17) is 14.1 Å². The van der Waals surface area contributed by atoms with E-state index in [9.17, 15) is 0 Å². The summed E-state index contributed by atoms with van der Waals surface area (Å²) in [4.78, 5) is 17.0. The maximum Gasteiger partial charge on any atom is 1.00 e. The summed E-state index contributed by atoms with van der Waals surface area (Å²) in [6.45, 7) is 0. The monoisotopic (exact) mass is 224 g/mol. The average molecular weight is 224 g/mol. The molecule has 0 atom stereocenters. The minimum Gasteiger partial charge on any atom is -1.00 e. The van der Waals surface area contributed by atoms with Crippen molar-refractivity contribution in [2.75, 3.05) is 0 Å². The van der Waals surface area contributed by atoms with Gasteiger partial charge in [-0.3, -0.25) is 0 Å². The molecule has 0 aromatic rings. The van der Waals surface area contributed by atoms with Crippen LogP contribution in [0.1, 0.15) is 2.85 Å². The van der Waals surface area contributed by atoms with E-state index in [1.165, 1.54) is 0 Å². The third-order valence-corrected chi connectivity index (χ3v) is 0. The Hall–Kier alpha value is 5.02. The van der Waals surface area contributed by atoms with Crippen molar-refractivity contribution in [2.45, 2.75) is 0 Å². The van der Waals surface area contributed by atoms with E-state index >= 15 is 0 Å². The van der Waals surface area contributed by atoms with E-state index in [1.807, 2.05) is 0 Å². The van der Waals surface area contributed by atoms with Crippen LogP contribution < -0.4 is 171 Å². The van der Waals surface area contributed by atoms with Crippen molar-refractivity contribution in [3.63, 3.8) is 0 Å². The Labute approximate surface area is 199 Å². The molecule has 0 bridgehead atoms. The Balaban J connectivity index is -0.00000000161. The molecule has 3 nitrogen and oxygen atoms in total. The first-order valence-corrected chi connectivity index (χ1v) is 1.84. The third kappa shape index (κ3) is 74.7. The van der Waals surface area contributed by atoms with Crippen molar-refractivity contribution < 1.29 is 179 Å². The standard InChI is InChI=1S/2B.2K.2Na.O3Si.2H/c;;;;;;1-4(2)3;;/q;;4*+1;-2;2*-1. The number of rotatable bonds is 0. The van der Waals surface area contributed by atoms with Gasteiger partial charge in [0.25, 0.3) is 0 Å². The van der Waals surface area contributed by atoms with Crippen LogP contribution >= 0.6 is 0 Å². The average Bonchev–Trinajstić information content (AvgIpc) is 0.811. The maximum atomic E-state index is 8.52. The van der Waals surface area contributed by atoms with E-state index < -0.39 is 9.17 Å². The molecule has 0 spiro atoms. The van der Waals surface area contributed by atoms with Gasteiger partial charge in [-0.1, -0.05) is 0 Å². The van der Waals surface area contributed by atoms with E-state index in [1.54, 1.807) is 0 Å². The van der Waals surface area contributed by atoms with E-state index in [0.717, 1.165) is 0 Å². The van der Waals surface area contributed by atoms with Crippen LogP contribution in [0.25, 0.3) is 0 Å². The van der Waals surface area contributed by atoms with Crippen molar-refractivity contribution in [3.8, 4) is 0 Å². The Kier molecular flexibility index (Phi) is 170. The first-order valence-electron chi connectivity index (χ1n) is 0.612. The molecule has 0 saturated heterocycles. The molecule has 0 aliphatic heterocycles. The van der Waals surface area contributed by atoms with Gasteiger partial charge >= 0.3 is 162 Å². The fraction of sp³-hybridized carbons (Fsp3) is 0. The van der Waals surface area contributed by atoms with Gasteiger partial charge in [-0.15, -0.1) is 0 Å². The Morgan fingerprint density at radius 2 is 1.00 bits per heavy atom. The molecular weight excluding hydrogens is 222 g/mol. The Bertz CT molecular complexity index is 53.3. The van der Waals surface area contributed by atoms with Gasteiger partial charge in [0.05, 0.1) is 0 Å². The zero-order valence-electron chi connectivity index (χ0n) is 8.88. The summed E-state index contributed by atoms with van der Waals surface area (Å²) in [5.74, 6) is 0. The summed E-state index contributed by atoms with van der Waals surface area (Å²) in [5.41, 5.74) is 0. The van der Waals surface area contributed by atoms with Gasteiger partial charge in [0.2, 0.25) is 0 Å². The summed E-state index contributed by atoms with van der Waals surface area (Å²) in [7, 11) is -3.63. The molecule has 0 saturated carbocycles. The molecule has 0 aliphatic rings. The summed E-state index contributed by atoms with van der Waals surface area (Å²) in [6, 6.07) is 0. The molecule has 6 radical (unpaired) electrons. The Morgan fingerprint density at radius 3 is 1.00 bits per heavy atom. The van der Waals surface area contributed by atoms with Gasteiger partial charge in [0, 0.05) is 26.0 Å². The largest absolute Gasteiger partial charge is 1.00 e. The molecule has 0 fully saturated rings. The normalized spacial score (nSPS) is 2.40. The molecule has 0 aliphatic carbocycles. The molecular formula is H2B2K2Na2O3Si. The molecule has 0 aromatic heterocycles. The summed E-state index contributed by atoms with van der Waals surface area (Å²) in [6.07, 6.45) is 0. The summed E-state index contributed by atoms with van der Waals surface area (Å²) < 4.78 is 8.52. The van der Waals surface area contributed by atoms with Gasteiger partial charge in [-0.05, 0) is 0 Å². The predicted molar refractivity (Wildman–Crippen MR) is 20.2 cm³/mol. The second-order valence-electron chi connectivity index (χ2n) is 0.250. The number of hydrogen-bond acceptors (Lipinski definition) is 3.